The topological polar surface area (TPSA) is 20.3 Å². The minimum atomic E-state index is -0.302. The molecule has 0 heterocycles. The highest BCUT2D eigenvalue weighted by molar-refractivity contribution is 6.01. The molecule has 2 rings (SSSR count). The summed E-state index contributed by atoms with van der Waals surface area (Å²) < 4.78 is 13.5. The largest absolute Gasteiger partial charge is 0.334 e. The Balaban J connectivity index is 2.51. The van der Waals surface area contributed by atoms with E-state index < -0.39 is 0 Å². The molecule has 0 saturated heterocycles. The van der Waals surface area contributed by atoms with Crippen LogP contribution in [-0.2, 0) is 0 Å². The van der Waals surface area contributed by atoms with E-state index in [0.717, 1.165) is 11.1 Å². The first-order valence-corrected chi connectivity index (χ1v) is 7.59. The molecule has 0 radical (unpaired) electrons. The van der Waals surface area contributed by atoms with Crippen molar-refractivity contribution < 1.29 is 9.18 Å². The summed E-state index contributed by atoms with van der Waals surface area (Å²) in [5, 5.41) is 0. The lowest BCUT2D eigenvalue weighted by atomic mass is 9.98. The van der Waals surface area contributed by atoms with E-state index >= 15 is 0 Å². The third-order valence-corrected chi connectivity index (χ3v) is 3.64. The zero-order chi connectivity index (χ0) is 16.3. The van der Waals surface area contributed by atoms with Gasteiger partial charge in [0, 0.05) is 17.6 Å². The van der Waals surface area contributed by atoms with Crippen molar-refractivity contribution in [1.82, 2.24) is 4.90 Å². The van der Waals surface area contributed by atoms with E-state index in [1.165, 1.54) is 12.1 Å². The number of halogens is 1. The van der Waals surface area contributed by atoms with Gasteiger partial charge in [-0.25, -0.2) is 4.39 Å². The third kappa shape index (κ3) is 3.35. The van der Waals surface area contributed by atoms with E-state index in [0.29, 0.717) is 5.56 Å². The van der Waals surface area contributed by atoms with Crippen LogP contribution in [0.15, 0.2) is 48.5 Å². The van der Waals surface area contributed by atoms with Crippen LogP contribution in [0.1, 0.15) is 38.1 Å². The Bertz CT molecular complexity index is 656. The number of benzene rings is 2. The molecule has 2 aromatic rings. The minimum absolute atomic E-state index is 0.0233. The van der Waals surface area contributed by atoms with E-state index in [1.807, 2.05) is 56.9 Å². The Labute approximate surface area is 131 Å². The Morgan fingerprint density at radius 1 is 0.955 bits per heavy atom. The van der Waals surface area contributed by atoms with Gasteiger partial charge in [-0.3, -0.25) is 4.79 Å². The fourth-order valence-corrected chi connectivity index (χ4v) is 2.78. The van der Waals surface area contributed by atoms with Crippen LogP contribution in [0.3, 0.4) is 0 Å². The minimum Gasteiger partial charge on any atom is -0.334 e. The number of hydrogen-bond donors (Lipinski definition) is 0. The van der Waals surface area contributed by atoms with Gasteiger partial charge in [-0.15, -0.1) is 0 Å². The molecule has 0 unspecified atom stereocenters. The highest BCUT2D eigenvalue weighted by Gasteiger charge is 2.23. The van der Waals surface area contributed by atoms with Crippen molar-refractivity contribution in [3.63, 3.8) is 0 Å². The molecule has 0 aliphatic carbocycles. The summed E-state index contributed by atoms with van der Waals surface area (Å²) in [6.45, 7) is 8.01. The van der Waals surface area contributed by atoms with Gasteiger partial charge in [0.15, 0.2) is 0 Å². The molecule has 0 bridgehead atoms. The van der Waals surface area contributed by atoms with Gasteiger partial charge >= 0.3 is 0 Å². The van der Waals surface area contributed by atoms with E-state index in [2.05, 4.69) is 0 Å². The molecule has 0 aliphatic heterocycles. The average Bonchev–Trinajstić information content (AvgIpc) is 2.46. The summed E-state index contributed by atoms with van der Waals surface area (Å²) in [6.07, 6.45) is 0. The van der Waals surface area contributed by atoms with E-state index in [4.69, 9.17) is 0 Å². The number of nitrogens with zero attached hydrogens (tertiary/aromatic N) is 1. The van der Waals surface area contributed by atoms with Gasteiger partial charge in [-0.05, 0) is 57.0 Å². The lowest BCUT2D eigenvalue weighted by Gasteiger charge is -2.31. The number of hydrogen-bond acceptors (Lipinski definition) is 1. The summed E-state index contributed by atoms with van der Waals surface area (Å²) in [7, 11) is 0. The van der Waals surface area contributed by atoms with Gasteiger partial charge in [0.25, 0.3) is 5.91 Å². The molecule has 0 N–H and O–H groups in total. The molecule has 1 amide bonds. The van der Waals surface area contributed by atoms with Crippen molar-refractivity contribution in [3.05, 3.63) is 59.9 Å². The van der Waals surface area contributed by atoms with Crippen molar-refractivity contribution >= 4 is 5.91 Å². The summed E-state index contributed by atoms with van der Waals surface area (Å²) in [4.78, 5) is 14.8. The number of carbonyl (C=O) groups excluding carboxylic acids is 1. The Kier molecular flexibility index (Phi) is 4.96. The first kappa shape index (κ1) is 16.2. The number of amides is 1. The first-order valence-electron chi connectivity index (χ1n) is 7.59. The van der Waals surface area contributed by atoms with Gasteiger partial charge in [0.2, 0.25) is 0 Å². The summed E-state index contributed by atoms with van der Waals surface area (Å²) in [5.41, 5.74) is 2.09. The highest BCUT2D eigenvalue weighted by Crippen LogP contribution is 2.26. The van der Waals surface area contributed by atoms with Crippen LogP contribution >= 0.6 is 0 Å². The standard InChI is InChI=1S/C19H22FNO/c1-13(2)21(14(3)4)19(22)18-11-6-5-10-17(18)15-8-7-9-16(20)12-15/h5-14H,1-4H3. The van der Waals surface area contributed by atoms with Gasteiger partial charge in [-0.1, -0.05) is 30.3 Å². The van der Waals surface area contributed by atoms with Crippen LogP contribution in [0.4, 0.5) is 4.39 Å². The smallest absolute Gasteiger partial charge is 0.254 e. The lowest BCUT2D eigenvalue weighted by Crippen LogP contribution is -2.42. The van der Waals surface area contributed by atoms with E-state index in [9.17, 15) is 9.18 Å². The van der Waals surface area contributed by atoms with Crippen molar-refractivity contribution in [3.8, 4) is 11.1 Å². The van der Waals surface area contributed by atoms with Crippen molar-refractivity contribution in [2.45, 2.75) is 39.8 Å². The molecule has 22 heavy (non-hydrogen) atoms. The summed E-state index contributed by atoms with van der Waals surface area (Å²) in [6, 6.07) is 13.9. The van der Waals surface area contributed by atoms with E-state index in [-0.39, 0.29) is 23.8 Å². The Morgan fingerprint density at radius 2 is 1.59 bits per heavy atom. The molecule has 2 nitrogen and oxygen atoms in total. The second-order valence-corrected chi connectivity index (χ2v) is 5.96. The van der Waals surface area contributed by atoms with Gasteiger partial charge in [-0.2, -0.15) is 0 Å². The van der Waals surface area contributed by atoms with Gasteiger partial charge in [0.05, 0.1) is 0 Å². The number of carbonyl (C=O) groups is 1. The summed E-state index contributed by atoms with van der Waals surface area (Å²) in [5.74, 6) is -0.325. The van der Waals surface area contributed by atoms with Crippen LogP contribution < -0.4 is 0 Å². The maximum absolute atomic E-state index is 13.5. The molecule has 0 fully saturated rings. The molecular formula is C19H22FNO. The van der Waals surface area contributed by atoms with Crippen LogP contribution in [0.25, 0.3) is 11.1 Å². The predicted octanol–water partition coefficient (Wildman–Crippen LogP) is 4.75. The van der Waals surface area contributed by atoms with Gasteiger partial charge in [0.1, 0.15) is 5.82 Å². The molecule has 0 spiro atoms. The van der Waals surface area contributed by atoms with Crippen LogP contribution in [0, 0.1) is 5.82 Å². The van der Waals surface area contributed by atoms with Gasteiger partial charge < -0.3 is 4.90 Å². The maximum atomic E-state index is 13.5. The molecule has 2 aromatic carbocycles. The summed E-state index contributed by atoms with van der Waals surface area (Å²) >= 11 is 0. The predicted molar refractivity (Wildman–Crippen MR) is 88.3 cm³/mol. The first-order chi connectivity index (χ1) is 10.4. The molecule has 3 heteroatoms. The zero-order valence-corrected chi connectivity index (χ0v) is 13.5. The molecule has 0 saturated carbocycles. The molecule has 116 valence electrons. The highest BCUT2D eigenvalue weighted by atomic mass is 19.1. The molecular weight excluding hydrogens is 277 g/mol. The number of rotatable bonds is 4. The van der Waals surface area contributed by atoms with Crippen LogP contribution in [0.2, 0.25) is 0 Å². The SMILES string of the molecule is CC(C)N(C(=O)c1ccccc1-c1cccc(F)c1)C(C)C. The van der Waals surface area contributed by atoms with Crippen LogP contribution in [0.5, 0.6) is 0 Å². The second kappa shape index (κ2) is 6.73. The molecule has 0 aromatic heterocycles. The monoisotopic (exact) mass is 299 g/mol. The third-order valence-electron chi connectivity index (χ3n) is 3.64. The fraction of sp³-hybridized carbons (Fsp3) is 0.316. The Hall–Kier alpha value is -2.16. The maximum Gasteiger partial charge on any atom is 0.254 e. The van der Waals surface area contributed by atoms with Crippen molar-refractivity contribution in [2.24, 2.45) is 0 Å². The van der Waals surface area contributed by atoms with Crippen LogP contribution in [-0.4, -0.2) is 22.9 Å². The normalized spacial score (nSPS) is 11.0. The van der Waals surface area contributed by atoms with Crippen molar-refractivity contribution in [2.75, 3.05) is 0 Å². The molecule has 0 aliphatic rings. The Morgan fingerprint density at radius 3 is 2.18 bits per heavy atom. The van der Waals surface area contributed by atoms with E-state index in [1.54, 1.807) is 12.1 Å². The fourth-order valence-electron chi connectivity index (χ4n) is 2.78. The quantitative estimate of drug-likeness (QED) is 0.797. The lowest BCUT2D eigenvalue weighted by molar-refractivity contribution is 0.0644. The zero-order valence-electron chi connectivity index (χ0n) is 13.5. The molecule has 0 atom stereocenters. The average molecular weight is 299 g/mol. The van der Waals surface area contributed by atoms with Crippen molar-refractivity contribution in [1.29, 1.82) is 0 Å². The second-order valence-electron chi connectivity index (χ2n) is 5.96.